The lowest BCUT2D eigenvalue weighted by Crippen LogP contribution is -2.16. The van der Waals surface area contributed by atoms with Crippen molar-refractivity contribution in [2.75, 3.05) is 0 Å². The Labute approximate surface area is 154 Å². The van der Waals surface area contributed by atoms with Gasteiger partial charge in [0, 0.05) is 0 Å². The highest BCUT2D eigenvalue weighted by molar-refractivity contribution is 7.18. The van der Waals surface area contributed by atoms with Gasteiger partial charge in [-0.1, -0.05) is 52.1 Å². The van der Waals surface area contributed by atoms with Crippen molar-refractivity contribution in [3.8, 4) is 12.3 Å². The average Bonchev–Trinajstić information content (AvgIpc) is 3.09. The summed E-state index contributed by atoms with van der Waals surface area (Å²) in [6, 6.07) is 6.83. The SMILES string of the molecule is C#CCn1c(=NC(=O)c2ccc(Cl)s2)sc2ccc(Cl)c(Cl)c21. The van der Waals surface area contributed by atoms with E-state index < -0.39 is 0 Å². The molecule has 0 aliphatic rings. The second-order valence-electron chi connectivity index (χ2n) is 4.40. The van der Waals surface area contributed by atoms with Gasteiger partial charge in [0.2, 0.25) is 0 Å². The maximum absolute atomic E-state index is 12.3. The molecular weight excluding hydrogens is 395 g/mol. The van der Waals surface area contributed by atoms with E-state index in [9.17, 15) is 4.79 Å². The first kappa shape index (κ1) is 16.6. The van der Waals surface area contributed by atoms with Crippen LogP contribution >= 0.6 is 57.5 Å². The summed E-state index contributed by atoms with van der Waals surface area (Å²) in [5, 5.41) is 0.814. The monoisotopic (exact) mass is 400 g/mol. The quantitative estimate of drug-likeness (QED) is 0.550. The molecule has 0 fully saturated rings. The fraction of sp³-hybridized carbons (Fsp3) is 0.0667. The van der Waals surface area contributed by atoms with E-state index in [1.165, 1.54) is 22.7 Å². The molecule has 3 rings (SSSR count). The Morgan fingerprint density at radius 2 is 2.00 bits per heavy atom. The second-order valence-corrected chi connectivity index (χ2v) is 7.91. The van der Waals surface area contributed by atoms with E-state index in [4.69, 9.17) is 41.2 Å². The summed E-state index contributed by atoms with van der Waals surface area (Å²) in [7, 11) is 0. The summed E-state index contributed by atoms with van der Waals surface area (Å²) in [6.45, 7) is 0.234. The summed E-state index contributed by atoms with van der Waals surface area (Å²) in [5.41, 5.74) is 0.679. The van der Waals surface area contributed by atoms with Gasteiger partial charge in [0.1, 0.15) is 0 Å². The normalized spacial score (nSPS) is 11.8. The maximum atomic E-state index is 12.3. The van der Waals surface area contributed by atoms with E-state index in [0.717, 1.165) is 4.70 Å². The van der Waals surface area contributed by atoms with Crippen LogP contribution < -0.4 is 4.80 Å². The van der Waals surface area contributed by atoms with E-state index in [1.54, 1.807) is 22.8 Å². The van der Waals surface area contributed by atoms with Gasteiger partial charge in [0.05, 0.1) is 36.0 Å². The molecule has 0 aliphatic heterocycles. The topological polar surface area (TPSA) is 34.4 Å². The minimum Gasteiger partial charge on any atom is -0.303 e. The minimum absolute atomic E-state index is 0.234. The molecule has 116 valence electrons. The number of thiophene rings is 1. The Morgan fingerprint density at radius 3 is 2.65 bits per heavy atom. The lowest BCUT2D eigenvalue weighted by Gasteiger charge is -2.03. The van der Waals surface area contributed by atoms with Crippen LogP contribution in [0.25, 0.3) is 10.2 Å². The molecule has 0 radical (unpaired) electrons. The van der Waals surface area contributed by atoms with Gasteiger partial charge in [-0.15, -0.1) is 17.8 Å². The number of hydrogen-bond donors (Lipinski definition) is 0. The zero-order chi connectivity index (χ0) is 16.6. The molecule has 0 bridgehead atoms. The number of terminal acetylenes is 1. The van der Waals surface area contributed by atoms with E-state index in [0.29, 0.717) is 29.6 Å². The number of carbonyl (C=O) groups is 1. The minimum atomic E-state index is -0.374. The van der Waals surface area contributed by atoms with Gasteiger partial charge in [-0.3, -0.25) is 4.79 Å². The molecule has 2 aromatic heterocycles. The molecule has 0 spiro atoms. The molecule has 0 saturated heterocycles. The predicted octanol–water partition coefficient (Wildman–Crippen LogP) is 5.10. The Balaban J connectivity index is 2.23. The molecule has 0 unspecified atom stereocenters. The number of carbonyl (C=O) groups excluding carboxylic acids is 1. The van der Waals surface area contributed by atoms with Gasteiger partial charge in [-0.2, -0.15) is 4.99 Å². The van der Waals surface area contributed by atoms with Crippen LogP contribution in [-0.2, 0) is 6.54 Å². The highest BCUT2D eigenvalue weighted by Crippen LogP contribution is 2.32. The number of benzene rings is 1. The standard InChI is InChI=1S/C15H7Cl3N2OS2/c1-2-7-20-13-9(4-3-8(16)12(13)18)23-15(20)19-14(21)10-5-6-11(17)22-10/h1,3-6H,7H2. The molecule has 0 N–H and O–H groups in total. The number of thiazole rings is 1. The molecule has 3 aromatic rings. The number of nitrogens with zero attached hydrogens (tertiary/aromatic N) is 2. The Bertz CT molecular complexity index is 1020. The highest BCUT2D eigenvalue weighted by Gasteiger charge is 2.14. The molecule has 3 nitrogen and oxygen atoms in total. The lowest BCUT2D eigenvalue weighted by molar-refractivity contribution is 0.100. The summed E-state index contributed by atoms with van der Waals surface area (Å²) >= 11 is 20.7. The van der Waals surface area contributed by atoms with Crippen LogP contribution in [0.2, 0.25) is 14.4 Å². The van der Waals surface area contributed by atoms with Crippen molar-refractivity contribution < 1.29 is 4.79 Å². The number of rotatable bonds is 2. The molecule has 0 atom stereocenters. The van der Waals surface area contributed by atoms with E-state index in [1.807, 2.05) is 6.07 Å². The molecular formula is C15H7Cl3N2OS2. The first-order valence-corrected chi connectivity index (χ1v) is 9.03. The van der Waals surface area contributed by atoms with Gasteiger partial charge in [0.25, 0.3) is 5.91 Å². The van der Waals surface area contributed by atoms with Gasteiger partial charge in [0.15, 0.2) is 4.80 Å². The molecule has 2 heterocycles. The summed E-state index contributed by atoms with van der Waals surface area (Å²) in [5.74, 6) is 2.17. The lowest BCUT2D eigenvalue weighted by atomic mass is 10.3. The fourth-order valence-electron chi connectivity index (χ4n) is 2.00. The van der Waals surface area contributed by atoms with Crippen LogP contribution in [0, 0.1) is 12.3 Å². The van der Waals surface area contributed by atoms with Crippen molar-refractivity contribution in [3.05, 3.63) is 48.3 Å². The third-order valence-electron chi connectivity index (χ3n) is 2.96. The summed E-state index contributed by atoms with van der Waals surface area (Å²) in [4.78, 5) is 17.4. The van der Waals surface area contributed by atoms with E-state index in [2.05, 4.69) is 10.9 Å². The Morgan fingerprint density at radius 1 is 1.22 bits per heavy atom. The number of fused-ring (bicyclic) bond motifs is 1. The summed E-state index contributed by atoms with van der Waals surface area (Å²) in [6.07, 6.45) is 5.43. The number of amides is 1. The molecule has 0 aliphatic carbocycles. The number of halogens is 3. The first-order chi connectivity index (χ1) is 11.0. The largest absolute Gasteiger partial charge is 0.303 e. The van der Waals surface area contributed by atoms with Crippen molar-refractivity contribution in [3.63, 3.8) is 0 Å². The van der Waals surface area contributed by atoms with Gasteiger partial charge >= 0.3 is 0 Å². The smallest absolute Gasteiger partial charge is 0.289 e. The maximum Gasteiger partial charge on any atom is 0.289 e. The Kier molecular flexibility index (Phi) is 4.81. The van der Waals surface area contributed by atoms with Crippen molar-refractivity contribution >= 4 is 73.6 Å². The van der Waals surface area contributed by atoms with Crippen molar-refractivity contribution in [1.29, 1.82) is 0 Å². The zero-order valence-electron chi connectivity index (χ0n) is 11.3. The number of hydrogen-bond acceptors (Lipinski definition) is 3. The Hall–Kier alpha value is -1.29. The van der Waals surface area contributed by atoms with Crippen LogP contribution in [0.3, 0.4) is 0 Å². The third-order valence-corrected chi connectivity index (χ3v) is 6.02. The second kappa shape index (κ2) is 6.68. The van der Waals surface area contributed by atoms with Crippen LogP contribution in [-0.4, -0.2) is 10.5 Å². The van der Waals surface area contributed by atoms with Crippen LogP contribution in [0.15, 0.2) is 29.3 Å². The van der Waals surface area contributed by atoms with Crippen molar-refractivity contribution in [2.45, 2.75) is 6.54 Å². The summed E-state index contributed by atoms with van der Waals surface area (Å²) < 4.78 is 3.10. The van der Waals surface area contributed by atoms with Gasteiger partial charge < -0.3 is 4.57 Å². The van der Waals surface area contributed by atoms with Crippen molar-refractivity contribution in [2.24, 2.45) is 4.99 Å². The van der Waals surface area contributed by atoms with Gasteiger partial charge in [-0.25, -0.2) is 0 Å². The van der Waals surface area contributed by atoms with E-state index >= 15 is 0 Å². The van der Waals surface area contributed by atoms with Crippen LogP contribution in [0.5, 0.6) is 0 Å². The molecule has 8 heteroatoms. The number of aromatic nitrogens is 1. The van der Waals surface area contributed by atoms with Crippen LogP contribution in [0.1, 0.15) is 9.67 Å². The fourth-order valence-corrected chi connectivity index (χ4v) is 4.44. The van der Waals surface area contributed by atoms with Gasteiger partial charge in [-0.05, 0) is 24.3 Å². The molecule has 1 amide bonds. The predicted molar refractivity (Wildman–Crippen MR) is 97.9 cm³/mol. The van der Waals surface area contributed by atoms with E-state index in [-0.39, 0.29) is 12.5 Å². The zero-order valence-corrected chi connectivity index (χ0v) is 15.2. The third kappa shape index (κ3) is 3.18. The molecule has 23 heavy (non-hydrogen) atoms. The van der Waals surface area contributed by atoms with Crippen molar-refractivity contribution in [1.82, 2.24) is 4.57 Å². The molecule has 0 saturated carbocycles. The average molecular weight is 402 g/mol. The van der Waals surface area contributed by atoms with Crippen LogP contribution in [0.4, 0.5) is 0 Å². The first-order valence-electron chi connectivity index (χ1n) is 6.26. The molecule has 1 aromatic carbocycles. The highest BCUT2D eigenvalue weighted by atomic mass is 35.5.